The number of nitrogens with one attached hydrogen (secondary N) is 1. The van der Waals surface area contributed by atoms with Crippen LogP contribution in [0.15, 0.2) is 28.7 Å². The Labute approximate surface area is 99.4 Å². The minimum Gasteiger partial charge on any atom is -0.384 e. The van der Waals surface area contributed by atoms with Crippen LogP contribution < -0.4 is 11.1 Å². The van der Waals surface area contributed by atoms with Gasteiger partial charge in [-0.25, -0.2) is 0 Å². The standard InChI is InChI=1S/C12H17BrN2/c13-10-3-1-4-11(7-10)15-9-12(8-14)5-2-6-12/h1,3-4,7,15H,2,5-6,8-9,14H2. The lowest BCUT2D eigenvalue weighted by Gasteiger charge is -2.41. The lowest BCUT2D eigenvalue weighted by Crippen LogP contribution is -2.42. The van der Waals surface area contributed by atoms with Crippen molar-refractivity contribution in [2.45, 2.75) is 19.3 Å². The van der Waals surface area contributed by atoms with Crippen molar-refractivity contribution >= 4 is 21.6 Å². The highest BCUT2D eigenvalue weighted by Gasteiger charge is 2.35. The van der Waals surface area contributed by atoms with Crippen molar-refractivity contribution in [2.75, 3.05) is 18.4 Å². The molecule has 1 fully saturated rings. The summed E-state index contributed by atoms with van der Waals surface area (Å²) in [4.78, 5) is 0. The quantitative estimate of drug-likeness (QED) is 0.881. The maximum Gasteiger partial charge on any atom is 0.0351 e. The fourth-order valence-electron chi connectivity index (χ4n) is 2.02. The zero-order valence-electron chi connectivity index (χ0n) is 8.80. The van der Waals surface area contributed by atoms with E-state index < -0.39 is 0 Å². The molecular weight excluding hydrogens is 252 g/mol. The summed E-state index contributed by atoms with van der Waals surface area (Å²) in [7, 11) is 0. The molecule has 2 nitrogen and oxygen atoms in total. The van der Waals surface area contributed by atoms with Gasteiger partial charge in [-0.1, -0.05) is 28.4 Å². The van der Waals surface area contributed by atoms with Gasteiger partial charge in [0.15, 0.2) is 0 Å². The molecular formula is C12H17BrN2. The predicted octanol–water partition coefficient (Wildman–Crippen LogP) is 2.99. The van der Waals surface area contributed by atoms with Crippen molar-refractivity contribution in [1.82, 2.24) is 0 Å². The molecule has 1 saturated carbocycles. The molecule has 0 bridgehead atoms. The van der Waals surface area contributed by atoms with Gasteiger partial charge in [-0.05, 0) is 43.0 Å². The van der Waals surface area contributed by atoms with Crippen molar-refractivity contribution in [3.63, 3.8) is 0 Å². The Morgan fingerprint density at radius 2 is 2.20 bits per heavy atom. The minimum absolute atomic E-state index is 0.363. The molecule has 2 rings (SSSR count). The number of anilines is 1. The topological polar surface area (TPSA) is 38.0 Å². The van der Waals surface area contributed by atoms with E-state index in [4.69, 9.17) is 5.73 Å². The summed E-state index contributed by atoms with van der Waals surface area (Å²) in [5, 5.41) is 3.47. The number of nitrogens with two attached hydrogens (primary N) is 1. The van der Waals surface area contributed by atoms with Crippen LogP contribution in [-0.2, 0) is 0 Å². The van der Waals surface area contributed by atoms with Crippen LogP contribution in [0.4, 0.5) is 5.69 Å². The molecule has 82 valence electrons. The van der Waals surface area contributed by atoms with Crippen molar-refractivity contribution < 1.29 is 0 Å². The smallest absolute Gasteiger partial charge is 0.0351 e. The van der Waals surface area contributed by atoms with Gasteiger partial charge in [0.1, 0.15) is 0 Å². The highest BCUT2D eigenvalue weighted by Crippen LogP contribution is 2.39. The summed E-state index contributed by atoms with van der Waals surface area (Å²) >= 11 is 3.47. The van der Waals surface area contributed by atoms with Crippen molar-refractivity contribution in [3.8, 4) is 0 Å². The van der Waals surface area contributed by atoms with Gasteiger partial charge in [0.2, 0.25) is 0 Å². The first-order valence-electron chi connectivity index (χ1n) is 5.44. The molecule has 0 amide bonds. The third-order valence-electron chi connectivity index (χ3n) is 3.34. The Morgan fingerprint density at radius 3 is 2.73 bits per heavy atom. The largest absolute Gasteiger partial charge is 0.384 e. The molecule has 1 aliphatic carbocycles. The Morgan fingerprint density at radius 1 is 1.40 bits per heavy atom. The van der Waals surface area contributed by atoms with E-state index in [0.717, 1.165) is 17.6 Å². The monoisotopic (exact) mass is 268 g/mol. The number of hydrogen-bond donors (Lipinski definition) is 2. The molecule has 0 heterocycles. The third kappa shape index (κ3) is 2.52. The van der Waals surface area contributed by atoms with E-state index in [9.17, 15) is 0 Å². The second kappa shape index (κ2) is 4.54. The van der Waals surface area contributed by atoms with Gasteiger partial charge in [-0.3, -0.25) is 0 Å². The summed E-state index contributed by atoms with van der Waals surface area (Å²) in [6.07, 6.45) is 3.87. The summed E-state index contributed by atoms with van der Waals surface area (Å²) < 4.78 is 1.11. The van der Waals surface area contributed by atoms with Crippen LogP contribution in [0.3, 0.4) is 0 Å². The number of halogens is 1. The predicted molar refractivity (Wildman–Crippen MR) is 68.0 cm³/mol. The lowest BCUT2D eigenvalue weighted by molar-refractivity contribution is 0.163. The Hall–Kier alpha value is -0.540. The fraction of sp³-hybridized carbons (Fsp3) is 0.500. The van der Waals surface area contributed by atoms with Crippen molar-refractivity contribution in [1.29, 1.82) is 0 Å². The molecule has 0 atom stereocenters. The van der Waals surface area contributed by atoms with Crippen LogP contribution in [0, 0.1) is 5.41 Å². The first-order chi connectivity index (χ1) is 7.24. The van der Waals surface area contributed by atoms with E-state index in [1.807, 2.05) is 12.1 Å². The van der Waals surface area contributed by atoms with Gasteiger partial charge in [-0.15, -0.1) is 0 Å². The average Bonchev–Trinajstić information content (AvgIpc) is 2.17. The van der Waals surface area contributed by atoms with Crippen LogP contribution >= 0.6 is 15.9 Å². The van der Waals surface area contributed by atoms with Crippen LogP contribution in [0.2, 0.25) is 0 Å². The molecule has 1 aromatic rings. The summed E-state index contributed by atoms with van der Waals surface area (Å²) in [6, 6.07) is 8.27. The number of benzene rings is 1. The zero-order valence-corrected chi connectivity index (χ0v) is 10.4. The van der Waals surface area contributed by atoms with Gasteiger partial charge < -0.3 is 11.1 Å². The van der Waals surface area contributed by atoms with E-state index >= 15 is 0 Å². The van der Waals surface area contributed by atoms with E-state index in [0.29, 0.717) is 5.41 Å². The highest BCUT2D eigenvalue weighted by molar-refractivity contribution is 9.10. The summed E-state index contributed by atoms with van der Waals surface area (Å²) in [6.45, 7) is 1.80. The van der Waals surface area contributed by atoms with Gasteiger partial charge in [0, 0.05) is 16.7 Å². The van der Waals surface area contributed by atoms with E-state index in [-0.39, 0.29) is 0 Å². The maximum atomic E-state index is 5.81. The van der Waals surface area contributed by atoms with Crippen molar-refractivity contribution in [3.05, 3.63) is 28.7 Å². The first kappa shape index (κ1) is 11.0. The Balaban J connectivity index is 1.92. The molecule has 3 N–H and O–H groups in total. The molecule has 1 aliphatic rings. The Bertz CT molecular complexity index is 329. The van der Waals surface area contributed by atoms with Crippen LogP contribution in [0.25, 0.3) is 0 Å². The van der Waals surface area contributed by atoms with E-state index in [1.165, 1.54) is 24.9 Å². The molecule has 0 radical (unpaired) electrons. The van der Waals surface area contributed by atoms with Gasteiger partial charge in [0.05, 0.1) is 0 Å². The van der Waals surface area contributed by atoms with Crippen LogP contribution in [0.5, 0.6) is 0 Å². The molecule has 0 saturated heterocycles. The first-order valence-corrected chi connectivity index (χ1v) is 6.23. The molecule has 1 aromatic carbocycles. The van der Waals surface area contributed by atoms with Crippen molar-refractivity contribution in [2.24, 2.45) is 11.1 Å². The van der Waals surface area contributed by atoms with Gasteiger partial charge in [-0.2, -0.15) is 0 Å². The molecule has 3 heteroatoms. The fourth-order valence-corrected chi connectivity index (χ4v) is 2.42. The summed E-state index contributed by atoms with van der Waals surface area (Å²) in [5.74, 6) is 0. The highest BCUT2D eigenvalue weighted by atomic mass is 79.9. The number of hydrogen-bond acceptors (Lipinski definition) is 2. The molecule has 0 aliphatic heterocycles. The summed E-state index contributed by atoms with van der Waals surface area (Å²) in [5.41, 5.74) is 7.35. The molecule has 15 heavy (non-hydrogen) atoms. The normalized spacial score (nSPS) is 18.3. The number of rotatable bonds is 4. The maximum absolute atomic E-state index is 5.81. The Kier molecular flexibility index (Phi) is 3.32. The SMILES string of the molecule is NCC1(CNc2cccc(Br)c2)CCC1. The average molecular weight is 269 g/mol. The van der Waals surface area contributed by atoms with Crippen LogP contribution in [0.1, 0.15) is 19.3 Å². The lowest BCUT2D eigenvalue weighted by atomic mass is 9.69. The van der Waals surface area contributed by atoms with Gasteiger partial charge >= 0.3 is 0 Å². The molecule has 0 unspecified atom stereocenters. The zero-order chi connectivity index (χ0) is 10.7. The second-order valence-electron chi connectivity index (χ2n) is 4.42. The third-order valence-corrected chi connectivity index (χ3v) is 3.83. The van der Waals surface area contributed by atoms with Crippen LogP contribution in [-0.4, -0.2) is 13.1 Å². The minimum atomic E-state index is 0.363. The van der Waals surface area contributed by atoms with Gasteiger partial charge in [0.25, 0.3) is 0 Å². The second-order valence-corrected chi connectivity index (χ2v) is 5.34. The van der Waals surface area contributed by atoms with E-state index in [2.05, 4.69) is 33.4 Å². The molecule has 0 spiro atoms. The molecule has 0 aromatic heterocycles. The van der Waals surface area contributed by atoms with E-state index in [1.54, 1.807) is 0 Å².